The number of pyridine rings is 1. The summed E-state index contributed by atoms with van der Waals surface area (Å²) in [5, 5.41) is 3.35. The first-order chi connectivity index (χ1) is 12.7. The van der Waals surface area contributed by atoms with Gasteiger partial charge in [-0.1, -0.05) is 17.7 Å². The third-order valence-corrected chi connectivity index (χ3v) is 4.53. The largest absolute Gasteiger partial charge is 0.495 e. The Hall–Kier alpha value is -2.31. The van der Waals surface area contributed by atoms with Crippen LogP contribution in [0.1, 0.15) is 18.4 Å². The molecule has 1 aromatic heterocycles. The summed E-state index contributed by atoms with van der Waals surface area (Å²) in [7, 11) is 1.55. The summed E-state index contributed by atoms with van der Waals surface area (Å²) in [5.74, 6) is 0.566. The van der Waals surface area contributed by atoms with Crippen molar-refractivity contribution in [3.63, 3.8) is 0 Å². The molecule has 1 saturated heterocycles. The summed E-state index contributed by atoms with van der Waals surface area (Å²) in [4.78, 5) is 18.7. The lowest BCUT2D eigenvalue weighted by Gasteiger charge is -2.26. The molecule has 2 aromatic rings. The van der Waals surface area contributed by atoms with E-state index in [2.05, 4.69) is 10.3 Å². The van der Waals surface area contributed by atoms with E-state index in [1.807, 2.05) is 12.1 Å². The van der Waals surface area contributed by atoms with Gasteiger partial charge >= 0.3 is 6.03 Å². The summed E-state index contributed by atoms with van der Waals surface area (Å²) in [6, 6.07) is 8.77. The van der Waals surface area contributed by atoms with E-state index < -0.39 is 0 Å². The summed E-state index contributed by atoms with van der Waals surface area (Å²) in [5.41, 5.74) is 1.58. The van der Waals surface area contributed by atoms with Gasteiger partial charge in [0.25, 0.3) is 0 Å². The number of methoxy groups -OCH3 is 1. The molecule has 1 unspecified atom stereocenters. The molecule has 0 bridgehead atoms. The van der Waals surface area contributed by atoms with Crippen LogP contribution in [0.3, 0.4) is 0 Å². The third-order valence-electron chi connectivity index (χ3n) is 4.23. The van der Waals surface area contributed by atoms with Gasteiger partial charge in [0, 0.05) is 37.8 Å². The molecule has 1 aliphatic heterocycles. The molecular formula is C19H22ClN3O3. The third kappa shape index (κ3) is 4.86. The molecule has 1 aliphatic rings. The van der Waals surface area contributed by atoms with Crippen LogP contribution >= 0.6 is 11.6 Å². The van der Waals surface area contributed by atoms with Crippen molar-refractivity contribution in [2.24, 2.45) is 0 Å². The lowest BCUT2D eigenvalue weighted by Crippen LogP contribution is -2.39. The minimum absolute atomic E-state index is 0.0666. The lowest BCUT2D eigenvalue weighted by atomic mass is 10.2. The fourth-order valence-corrected chi connectivity index (χ4v) is 3.17. The molecule has 0 saturated carbocycles. The number of benzene rings is 1. The number of rotatable bonds is 6. The van der Waals surface area contributed by atoms with Crippen molar-refractivity contribution in [1.29, 1.82) is 0 Å². The maximum Gasteiger partial charge on any atom is 0.322 e. The van der Waals surface area contributed by atoms with Crippen LogP contribution in [0.2, 0.25) is 5.02 Å². The van der Waals surface area contributed by atoms with E-state index in [0.717, 1.165) is 25.0 Å². The van der Waals surface area contributed by atoms with Crippen LogP contribution in [-0.2, 0) is 11.3 Å². The number of hydrogen-bond donors (Lipinski definition) is 1. The van der Waals surface area contributed by atoms with Crippen molar-refractivity contribution in [2.45, 2.75) is 25.5 Å². The second-order valence-corrected chi connectivity index (χ2v) is 6.56. The molecule has 2 heterocycles. The normalized spacial score (nSPS) is 16.3. The molecule has 3 rings (SSSR count). The van der Waals surface area contributed by atoms with Crippen LogP contribution in [0, 0.1) is 0 Å². The molecule has 2 amide bonds. The molecule has 26 heavy (non-hydrogen) atoms. The Bertz CT molecular complexity index is 736. The quantitative estimate of drug-likeness (QED) is 0.830. The van der Waals surface area contributed by atoms with Crippen LogP contribution < -0.4 is 10.1 Å². The van der Waals surface area contributed by atoms with E-state index in [-0.39, 0.29) is 12.1 Å². The van der Waals surface area contributed by atoms with Gasteiger partial charge in [0.15, 0.2) is 0 Å². The Labute approximate surface area is 158 Å². The SMILES string of the molecule is COc1ccc(NC(=O)N(Cc2cccnc2)CC2CCCO2)cc1Cl. The predicted molar refractivity (Wildman–Crippen MR) is 101 cm³/mol. The highest BCUT2D eigenvalue weighted by molar-refractivity contribution is 6.32. The second kappa shape index (κ2) is 8.87. The van der Waals surface area contributed by atoms with Gasteiger partial charge in [0.1, 0.15) is 5.75 Å². The minimum atomic E-state index is -0.203. The van der Waals surface area contributed by atoms with E-state index in [0.29, 0.717) is 29.5 Å². The zero-order chi connectivity index (χ0) is 18.4. The monoisotopic (exact) mass is 375 g/mol. The average molecular weight is 376 g/mol. The Balaban J connectivity index is 1.71. The topological polar surface area (TPSA) is 63.7 Å². The number of anilines is 1. The zero-order valence-corrected chi connectivity index (χ0v) is 15.4. The van der Waals surface area contributed by atoms with Crippen LogP contribution in [0.25, 0.3) is 0 Å². The highest BCUT2D eigenvalue weighted by Gasteiger charge is 2.23. The van der Waals surface area contributed by atoms with Crippen molar-refractivity contribution in [3.8, 4) is 5.75 Å². The van der Waals surface area contributed by atoms with Crippen molar-refractivity contribution in [2.75, 3.05) is 25.6 Å². The number of carbonyl (C=O) groups is 1. The second-order valence-electron chi connectivity index (χ2n) is 6.16. The number of hydrogen-bond acceptors (Lipinski definition) is 4. The van der Waals surface area contributed by atoms with Crippen molar-refractivity contribution in [3.05, 3.63) is 53.3 Å². The minimum Gasteiger partial charge on any atom is -0.495 e. The number of urea groups is 1. The molecule has 1 fully saturated rings. The molecule has 1 atom stereocenters. The first kappa shape index (κ1) is 18.5. The molecule has 1 N–H and O–H groups in total. The van der Waals surface area contributed by atoms with Gasteiger partial charge in [-0.3, -0.25) is 4.98 Å². The molecule has 0 aliphatic carbocycles. The lowest BCUT2D eigenvalue weighted by molar-refractivity contribution is 0.0819. The van der Waals surface area contributed by atoms with Crippen LogP contribution in [0.4, 0.5) is 10.5 Å². The highest BCUT2D eigenvalue weighted by atomic mass is 35.5. The van der Waals surface area contributed by atoms with E-state index in [1.54, 1.807) is 42.6 Å². The highest BCUT2D eigenvalue weighted by Crippen LogP contribution is 2.27. The number of aromatic nitrogens is 1. The number of amides is 2. The first-order valence-electron chi connectivity index (χ1n) is 8.55. The molecule has 0 radical (unpaired) electrons. The fraction of sp³-hybridized carbons (Fsp3) is 0.368. The van der Waals surface area contributed by atoms with Gasteiger partial charge in [0.05, 0.1) is 18.2 Å². The molecule has 1 aromatic carbocycles. The van der Waals surface area contributed by atoms with Crippen LogP contribution in [0.5, 0.6) is 5.75 Å². The average Bonchev–Trinajstić information content (AvgIpc) is 3.15. The number of halogens is 1. The summed E-state index contributed by atoms with van der Waals surface area (Å²) in [6.07, 6.45) is 5.54. The Kier molecular flexibility index (Phi) is 6.30. The molecular weight excluding hydrogens is 354 g/mol. The van der Waals surface area contributed by atoms with Gasteiger partial charge in [-0.05, 0) is 42.7 Å². The Morgan fingerprint density at radius 3 is 3.00 bits per heavy atom. The van der Waals surface area contributed by atoms with Crippen molar-refractivity contribution < 1.29 is 14.3 Å². The van der Waals surface area contributed by atoms with E-state index in [9.17, 15) is 4.79 Å². The fourth-order valence-electron chi connectivity index (χ4n) is 2.91. The van der Waals surface area contributed by atoms with E-state index >= 15 is 0 Å². The smallest absolute Gasteiger partial charge is 0.322 e. The van der Waals surface area contributed by atoms with Crippen molar-refractivity contribution >= 4 is 23.3 Å². The summed E-state index contributed by atoms with van der Waals surface area (Å²) < 4.78 is 10.8. The Morgan fingerprint density at radius 1 is 1.46 bits per heavy atom. The number of nitrogens with zero attached hydrogens (tertiary/aromatic N) is 2. The standard InChI is InChI=1S/C19H22ClN3O3/c1-25-18-7-6-15(10-17(18)20)22-19(24)23(13-16-5-3-9-26-16)12-14-4-2-8-21-11-14/h2,4,6-8,10-11,16H,3,5,9,12-13H2,1H3,(H,22,24). The number of carbonyl (C=O) groups excluding carboxylic acids is 1. The van der Waals surface area contributed by atoms with E-state index in [1.165, 1.54) is 0 Å². The molecule has 0 spiro atoms. The van der Waals surface area contributed by atoms with Gasteiger partial charge in [-0.15, -0.1) is 0 Å². The summed E-state index contributed by atoms with van der Waals surface area (Å²) >= 11 is 6.14. The van der Waals surface area contributed by atoms with Gasteiger partial charge in [0.2, 0.25) is 0 Å². The molecule has 138 valence electrons. The first-order valence-corrected chi connectivity index (χ1v) is 8.93. The van der Waals surface area contributed by atoms with Gasteiger partial charge < -0.3 is 19.7 Å². The molecule has 7 heteroatoms. The maximum atomic E-state index is 12.8. The van der Waals surface area contributed by atoms with Crippen molar-refractivity contribution in [1.82, 2.24) is 9.88 Å². The Morgan fingerprint density at radius 2 is 2.35 bits per heavy atom. The molecule has 6 nitrogen and oxygen atoms in total. The number of nitrogens with one attached hydrogen (secondary N) is 1. The number of ether oxygens (including phenoxy) is 2. The van der Waals surface area contributed by atoms with Crippen LogP contribution in [-0.4, -0.2) is 42.3 Å². The van der Waals surface area contributed by atoms with Gasteiger partial charge in [-0.25, -0.2) is 4.79 Å². The zero-order valence-electron chi connectivity index (χ0n) is 14.7. The van der Waals surface area contributed by atoms with Crippen LogP contribution in [0.15, 0.2) is 42.7 Å². The predicted octanol–water partition coefficient (Wildman–Crippen LogP) is 3.96. The maximum absolute atomic E-state index is 12.8. The van der Waals surface area contributed by atoms with Gasteiger partial charge in [-0.2, -0.15) is 0 Å². The summed E-state index contributed by atoms with van der Waals surface area (Å²) in [6.45, 7) is 1.75. The van der Waals surface area contributed by atoms with E-state index in [4.69, 9.17) is 21.1 Å².